The Kier molecular flexibility index (Phi) is 5.90. The average Bonchev–Trinajstić information content (AvgIpc) is 2.63. The number of para-hydroxylation sites is 2. The number of rotatable bonds is 3. The molecule has 25 heavy (non-hydrogen) atoms. The second kappa shape index (κ2) is 8.31. The molecule has 0 atom stereocenters. The highest BCUT2D eigenvalue weighted by molar-refractivity contribution is 6.10. The summed E-state index contributed by atoms with van der Waals surface area (Å²) in [5.41, 5.74) is 0.852. The van der Waals surface area contributed by atoms with E-state index in [1.165, 1.54) is 18.2 Å². The van der Waals surface area contributed by atoms with E-state index in [9.17, 15) is 14.7 Å². The number of carboxylic acids is 1. The van der Waals surface area contributed by atoms with Crippen molar-refractivity contribution in [2.75, 3.05) is 0 Å². The van der Waals surface area contributed by atoms with Crippen LogP contribution in [0.1, 0.15) is 26.3 Å². The van der Waals surface area contributed by atoms with Gasteiger partial charge >= 0.3 is 5.97 Å². The van der Waals surface area contributed by atoms with Gasteiger partial charge in [0.25, 0.3) is 0 Å². The normalized spacial score (nSPS) is 9.60. The Balaban J connectivity index is 0.000000196. The highest BCUT2D eigenvalue weighted by Crippen LogP contribution is 2.19. The average molecular weight is 336 g/mol. The van der Waals surface area contributed by atoms with Crippen LogP contribution < -0.4 is 0 Å². The summed E-state index contributed by atoms with van der Waals surface area (Å²) in [5.74, 6) is -1.45. The van der Waals surface area contributed by atoms with Gasteiger partial charge in [-0.1, -0.05) is 54.6 Å². The summed E-state index contributed by atoms with van der Waals surface area (Å²) >= 11 is 0. The van der Waals surface area contributed by atoms with Gasteiger partial charge in [-0.2, -0.15) is 0 Å². The van der Waals surface area contributed by atoms with Gasteiger partial charge in [0.2, 0.25) is 0 Å². The van der Waals surface area contributed by atoms with Crippen molar-refractivity contribution in [3.05, 3.63) is 95.6 Å². The molecular formula is C20H16O5. The number of aromatic hydroxyl groups is 2. The molecule has 0 amide bonds. The summed E-state index contributed by atoms with van der Waals surface area (Å²) in [4.78, 5) is 22.2. The van der Waals surface area contributed by atoms with Crippen molar-refractivity contribution in [2.45, 2.75) is 0 Å². The zero-order valence-corrected chi connectivity index (χ0v) is 13.2. The van der Waals surface area contributed by atoms with Crippen molar-refractivity contribution in [1.82, 2.24) is 0 Å². The smallest absolute Gasteiger partial charge is 0.339 e. The van der Waals surface area contributed by atoms with Crippen LogP contribution in [0.2, 0.25) is 0 Å². The third kappa shape index (κ3) is 4.68. The van der Waals surface area contributed by atoms with Gasteiger partial charge in [-0.15, -0.1) is 0 Å². The number of hydrogen-bond donors (Lipinski definition) is 3. The van der Waals surface area contributed by atoms with Crippen LogP contribution in [0.15, 0.2) is 78.9 Å². The number of ketones is 1. The van der Waals surface area contributed by atoms with Crippen LogP contribution in [-0.4, -0.2) is 27.1 Å². The molecule has 0 saturated carbocycles. The van der Waals surface area contributed by atoms with Crippen LogP contribution in [0.4, 0.5) is 0 Å². The van der Waals surface area contributed by atoms with Crippen molar-refractivity contribution in [2.24, 2.45) is 0 Å². The molecule has 3 aromatic carbocycles. The van der Waals surface area contributed by atoms with E-state index in [0.717, 1.165) is 0 Å². The van der Waals surface area contributed by atoms with E-state index < -0.39 is 5.97 Å². The molecule has 3 rings (SSSR count). The molecule has 5 nitrogen and oxygen atoms in total. The van der Waals surface area contributed by atoms with Crippen LogP contribution in [0.25, 0.3) is 0 Å². The first-order chi connectivity index (χ1) is 12.0. The summed E-state index contributed by atoms with van der Waals surface area (Å²) in [7, 11) is 0. The minimum atomic E-state index is -1.11. The first kappa shape index (κ1) is 17.7. The van der Waals surface area contributed by atoms with E-state index in [1.807, 2.05) is 6.07 Å². The van der Waals surface area contributed by atoms with Crippen molar-refractivity contribution in [3.8, 4) is 11.5 Å². The number of carbonyl (C=O) groups is 2. The minimum Gasteiger partial charge on any atom is -0.507 e. The second-order valence-electron chi connectivity index (χ2n) is 5.03. The van der Waals surface area contributed by atoms with Gasteiger partial charge in [-0.25, -0.2) is 4.79 Å². The van der Waals surface area contributed by atoms with Gasteiger partial charge in [0.15, 0.2) is 5.78 Å². The molecule has 0 bridgehead atoms. The van der Waals surface area contributed by atoms with Gasteiger partial charge in [-0.05, 0) is 24.3 Å². The lowest BCUT2D eigenvalue weighted by Crippen LogP contribution is -2.00. The highest BCUT2D eigenvalue weighted by atomic mass is 16.4. The molecule has 5 heteroatoms. The van der Waals surface area contributed by atoms with Crippen LogP contribution in [0.5, 0.6) is 11.5 Å². The molecule has 126 valence electrons. The number of phenolic OH excluding ortho intramolecular Hbond substituents is 1. The molecule has 0 aliphatic heterocycles. The molecule has 0 heterocycles. The topological polar surface area (TPSA) is 94.8 Å². The standard InChI is InChI=1S/C13H10O2.C7H6O3/c14-12-9-5-4-8-11(12)13(15)10-6-2-1-3-7-10;8-6-4-2-1-3-5(6)7(9)10/h1-9,14H;1-4,8H,(H,9,10). The van der Waals surface area contributed by atoms with Gasteiger partial charge in [0.1, 0.15) is 17.1 Å². The molecular weight excluding hydrogens is 320 g/mol. The minimum absolute atomic E-state index is 0.0198. The maximum atomic E-state index is 11.9. The SMILES string of the molecule is O=C(O)c1ccccc1O.O=C(c1ccccc1)c1ccccc1O. The zero-order valence-electron chi connectivity index (χ0n) is 13.2. The number of phenols is 2. The van der Waals surface area contributed by atoms with Gasteiger partial charge in [0.05, 0.1) is 5.56 Å². The summed E-state index contributed by atoms with van der Waals surface area (Å²) in [6.07, 6.45) is 0. The molecule has 0 unspecified atom stereocenters. The second-order valence-corrected chi connectivity index (χ2v) is 5.03. The van der Waals surface area contributed by atoms with Crippen LogP contribution in [0, 0.1) is 0 Å². The van der Waals surface area contributed by atoms with E-state index in [2.05, 4.69) is 0 Å². The monoisotopic (exact) mass is 336 g/mol. The third-order valence-corrected chi connectivity index (χ3v) is 3.32. The van der Waals surface area contributed by atoms with E-state index in [-0.39, 0.29) is 22.8 Å². The molecule has 0 aliphatic rings. The Morgan fingerprint density at radius 1 is 0.600 bits per heavy atom. The van der Waals surface area contributed by atoms with Crippen LogP contribution in [0.3, 0.4) is 0 Å². The predicted octanol–water partition coefficient (Wildman–Crippen LogP) is 3.71. The van der Waals surface area contributed by atoms with Crippen molar-refractivity contribution in [3.63, 3.8) is 0 Å². The van der Waals surface area contributed by atoms with Gasteiger partial charge < -0.3 is 15.3 Å². The zero-order chi connectivity index (χ0) is 18.2. The fraction of sp³-hybridized carbons (Fsp3) is 0. The Hall–Kier alpha value is -3.60. The molecule has 0 spiro atoms. The lowest BCUT2D eigenvalue weighted by Gasteiger charge is -2.02. The fourth-order valence-corrected chi connectivity index (χ4v) is 2.07. The lowest BCUT2D eigenvalue weighted by molar-refractivity contribution is 0.0693. The number of carboxylic acid groups (broad SMARTS) is 1. The highest BCUT2D eigenvalue weighted by Gasteiger charge is 2.11. The van der Waals surface area contributed by atoms with E-state index in [0.29, 0.717) is 11.1 Å². The summed E-state index contributed by atoms with van der Waals surface area (Å²) in [6.45, 7) is 0. The molecule has 3 aromatic rings. The number of benzene rings is 3. The maximum Gasteiger partial charge on any atom is 0.339 e. The first-order valence-corrected chi connectivity index (χ1v) is 7.39. The summed E-state index contributed by atoms with van der Waals surface area (Å²) in [5, 5.41) is 26.8. The summed E-state index contributed by atoms with van der Waals surface area (Å²) in [6, 6.07) is 21.3. The lowest BCUT2D eigenvalue weighted by atomic mass is 10.0. The molecule has 3 N–H and O–H groups in total. The Labute approximate surface area is 144 Å². The molecule has 0 fully saturated rings. The summed E-state index contributed by atoms with van der Waals surface area (Å²) < 4.78 is 0. The number of carbonyl (C=O) groups excluding carboxylic acids is 1. The predicted molar refractivity (Wildman–Crippen MR) is 93.0 cm³/mol. The van der Waals surface area contributed by atoms with Gasteiger partial charge in [0, 0.05) is 5.56 Å². The van der Waals surface area contributed by atoms with Crippen molar-refractivity contribution < 1.29 is 24.9 Å². The Morgan fingerprint density at radius 2 is 1.04 bits per heavy atom. The Bertz CT molecular complexity index is 872. The molecule has 0 saturated heterocycles. The van der Waals surface area contributed by atoms with E-state index in [4.69, 9.17) is 10.2 Å². The number of aromatic carboxylic acids is 1. The van der Waals surface area contributed by atoms with Crippen LogP contribution >= 0.6 is 0 Å². The fourth-order valence-electron chi connectivity index (χ4n) is 2.07. The quantitative estimate of drug-likeness (QED) is 0.634. The van der Waals surface area contributed by atoms with Crippen molar-refractivity contribution >= 4 is 11.8 Å². The van der Waals surface area contributed by atoms with Gasteiger partial charge in [-0.3, -0.25) is 4.79 Å². The van der Waals surface area contributed by atoms with Crippen molar-refractivity contribution in [1.29, 1.82) is 0 Å². The molecule has 0 radical (unpaired) electrons. The molecule has 0 aromatic heterocycles. The van der Waals surface area contributed by atoms with Crippen LogP contribution in [-0.2, 0) is 0 Å². The first-order valence-electron chi connectivity index (χ1n) is 7.39. The third-order valence-electron chi connectivity index (χ3n) is 3.32. The molecule has 0 aliphatic carbocycles. The largest absolute Gasteiger partial charge is 0.507 e. The number of hydrogen-bond acceptors (Lipinski definition) is 4. The van der Waals surface area contributed by atoms with E-state index in [1.54, 1.807) is 54.6 Å². The maximum absolute atomic E-state index is 11.9. The Morgan fingerprint density at radius 3 is 1.48 bits per heavy atom. The van der Waals surface area contributed by atoms with E-state index >= 15 is 0 Å².